The number of aryl methyl sites for hydroxylation is 2. The summed E-state index contributed by atoms with van der Waals surface area (Å²) >= 11 is 0. The lowest BCUT2D eigenvalue weighted by Gasteiger charge is -2.05. The van der Waals surface area contributed by atoms with Crippen LogP contribution in [0.15, 0.2) is 102 Å². The SMILES string of the molecule is C=C(C)C(=C)CCCCCCCCc1ccc(N=Nc2ccc(C#Cc3ccncc3)c(C)c2)cc1. The van der Waals surface area contributed by atoms with Gasteiger partial charge in [-0.1, -0.05) is 74.0 Å². The lowest BCUT2D eigenvalue weighted by atomic mass is 10.0. The number of nitrogens with zero attached hydrogens (tertiary/aromatic N) is 3. The van der Waals surface area contributed by atoms with Crippen LogP contribution in [0.1, 0.15) is 74.1 Å². The molecule has 0 radical (unpaired) electrons. The van der Waals surface area contributed by atoms with Crippen molar-refractivity contribution in [3.8, 4) is 11.8 Å². The third kappa shape index (κ3) is 9.47. The molecule has 3 aromatic rings. The predicted octanol–water partition coefficient (Wildman–Crippen LogP) is 9.61. The van der Waals surface area contributed by atoms with Gasteiger partial charge < -0.3 is 0 Å². The number of hydrogen-bond acceptors (Lipinski definition) is 3. The molecule has 0 bridgehead atoms. The van der Waals surface area contributed by atoms with Gasteiger partial charge in [0.15, 0.2) is 0 Å². The van der Waals surface area contributed by atoms with Crippen molar-refractivity contribution in [1.82, 2.24) is 4.98 Å². The van der Waals surface area contributed by atoms with E-state index in [-0.39, 0.29) is 0 Å². The first-order chi connectivity index (χ1) is 17.5. The first-order valence-corrected chi connectivity index (χ1v) is 12.9. The van der Waals surface area contributed by atoms with E-state index in [4.69, 9.17) is 0 Å². The zero-order valence-corrected chi connectivity index (χ0v) is 21.8. The maximum atomic E-state index is 4.42. The number of rotatable bonds is 12. The van der Waals surface area contributed by atoms with Crippen molar-refractivity contribution in [2.24, 2.45) is 10.2 Å². The van der Waals surface area contributed by atoms with Gasteiger partial charge in [-0.3, -0.25) is 4.98 Å². The molecule has 0 amide bonds. The maximum absolute atomic E-state index is 4.42. The second-order valence-corrected chi connectivity index (χ2v) is 9.36. The summed E-state index contributed by atoms with van der Waals surface area (Å²) in [6, 6.07) is 18.2. The van der Waals surface area contributed by atoms with Gasteiger partial charge in [0.1, 0.15) is 0 Å². The van der Waals surface area contributed by atoms with E-state index >= 15 is 0 Å². The first-order valence-electron chi connectivity index (χ1n) is 12.9. The van der Waals surface area contributed by atoms with Crippen LogP contribution >= 0.6 is 0 Å². The molecule has 3 heteroatoms. The van der Waals surface area contributed by atoms with Gasteiger partial charge in [0.05, 0.1) is 11.4 Å². The number of azo groups is 1. The minimum Gasteiger partial charge on any atom is -0.265 e. The molecule has 1 aromatic heterocycles. The number of allylic oxidation sites excluding steroid dienone is 2. The fourth-order valence-electron chi connectivity index (χ4n) is 3.86. The van der Waals surface area contributed by atoms with Crippen molar-refractivity contribution in [2.45, 2.75) is 65.2 Å². The van der Waals surface area contributed by atoms with E-state index in [1.54, 1.807) is 12.4 Å². The number of hydrogen-bond donors (Lipinski definition) is 0. The Morgan fingerprint density at radius 3 is 2.11 bits per heavy atom. The molecular formula is C33H37N3. The summed E-state index contributed by atoms with van der Waals surface area (Å²) in [6.07, 6.45) is 13.3. The predicted molar refractivity (Wildman–Crippen MR) is 152 cm³/mol. The van der Waals surface area contributed by atoms with Crippen molar-refractivity contribution in [3.05, 3.63) is 114 Å². The van der Waals surface area contributed by atoms with Crippen LogP contribution in [0.3, 0.4) is 0 Å². The van der Waals surface area contributed by atoms with Crippen molar-refractivity contribution >= 4 is 11.4 Å². The Balaban J connectivity index is 1.39. The maximum Gasteiger partial charge on any atom is 0.0860 e. The average molecular weight is 476 g/mol. The molecule has 0 atom stereocenters. The van der Waals surface area contributed by atoms with Gasteiger partial charge in [0.2, 0.25) is 0 Å². The minimum absolute atomic E-state index is 0.829. The highest BCUT2D eigenvalue weighted by molar-refractivity contribution is 5.52. The number of aromatic nitrogens is 1. The topological polar surface area (TPSA) is 37.6 Å². The standard InChI is InChI=1S/C33H37N3/c1-26(2)27(3)11-9-7-5-6-8-10-12-29-14-18-32(19-15-29)35-36-33-20-17-31(28(4)25-33)16-13-30-21-23-34-24-22-30/h14-15,17-25H,1,3,5-12H2,2,4H3. The van der Waals surface area contributed by atoms with Crippen LogP contribution in [0.2, 0.25) is 0 Å². The fraction of sp³-hybridized carbons (Fsp3) is 0.303. The van der Waals surface area contributed by atoms with E-state index in [1.165, 1.54) is 49.7 Å². The van der Waals surface area contributed by atoms with Crippen molar-refractivity contribution in [2.75, 3.05) is 0 Å². The van der Waals surface area contributed by atoms with Crippen LogP contribution in [-0.4, -0.2) is 4.98 Å². The Labute approximate surface area is 217 Å². The molecule has 1 heterocycles. The molecule has 0 aliphatic rings. The Hall–Kier alpha value is -3.77. The lowest BCUT2D eigenvalue weighted by molar-refractivity contribution is 0.594. The molecule has 0 aliphatic carbocycles. The highest BCUT2D eigenvalue weighted by Gasteiger charge is 2.00. The van der Waals surface area contributed by atoms with Gasteiger partial charge in [-0.25, -0.2) is 0 Å². The molecule has 0 unspecified atom stereocenters. The lowest BCUT2D eigenvalue weighted by Crippen LogP contribution is -1.87. The molecule has 3 rings (SSSR count). The summed E-state index contributed by atoms with van der Waals surface area (Å²) in [5.41, 5.74) is 8.41. The van der Waals surface area contributed by atoms with Crippen LogP contribution in [0.4, 0.5) is 11.4 Å². The molecule has 0 N–H and O–H groups in total. The van der Waals surface area contributed by atoms with E-state index in [2.05, 4.69) is 64.5 Å². The van der Waals surface area contributed by atoms with Gasteiger partial charge in [0.25, 0.3) is 0 Å². The minimum atomic E-state index is 0.829. The Kier molecular flexibility index (Phi) is 10.9. The summed E-state index contributed by atoms with van der Waals surface area (Å²) in [5.74, 6) is 6.39. The molecule has 0 saturated heterocycles. The molecule has 3 nitrogen and oxygen atoms in total. The fourth-order valence-corrected chi connectivity index (χ4v) is 3.86. The molecule has 0 aliphatic heterocycles. The molecule has 36 heavy (non-hydrogen) atoms. The number of unbranched alkanes of at least 4 members (excludes halogenated alkanes) is 5. The average Bonchev–Trinajstić information content (AvgIpc) is 2.89. The van der Waals surface area contributed by atoms with Crippen LogP contribution in [0.25, 0.3) is 0 Å². The van der Waals surface area contributed by atoms with E-state index in [1.807, 2.05) is 44.2 Å². The monoisotopic (exact) mass is 475 g/mol. The van der Waals surface area contributed by atoms with Crippen LogP contribution in [-0.2, 0) is 6.42 Å². The Morgan fingerprint density at radius 1 is 0.778 bits per heavy atom. The largest absolute Gasteiger partial charge is 0.265 e. The number of benzene rings is 2. The van der Waals surface area contributed by atoms with E-state index < -0.39 is 0 Å². The molecular weight excluding hydrogens is 438 g/mol. The summed E-state index contributed by atoms with van der Waals surface area (Å²) in [4.78, 5) is 4.02. The smallest absolute Gasteiger partial charge is 0.0860 e. The Morgan fingerprint density at radius 2 is 1.42 bits per heavy atom. The summed E-state index contributed by atoms with van der Waals surface area (Å²) in [6.45, 7) is 12.1. The third-order valence-electron chi connectivity index (χ3n) is 6.25. The number of pyridine rings is 1. The van der Waals surface area contributed by atoms with Crippen molar-refractivity contribution in [3.63, 3.8) is 0 Å². The molecule has 0 saturated carbocycles. The highest BCUT2D eigenvalue weighted by atomic mass is 15.1. The zero-order chi connectivity index (χ0) is 25.6. The van der Waals surface area contributed by atoms with Gasteiger partial charge in [-0.15, -0.1) is 0 Å². The zero-order valence-electron chi connectivity index (χ0n) is 21.8. The molecule has 2 aromatic carbocycles. The summed E-state index contributed by atoms with van der Waals surface area (Å²) < 4.78 is 0. The Bertz CT molecular complexity index is 1230. The van der Waals surface area contributed by atoms with Crippen molar-refractivity contribution in [1.29, 1.82) is 0 Å². The third-order valence-corrected chi connectivity index (χ3v) is 6.25. The normalized spacial score (nSPS) is 10.7. The van der Waals surface area contributed by atoms with Gasteiger partial charge in [-0.05, 0) is 93.1 Å². The molecule has 184 valence electrons. The second-order valence-electron chi connectivity index (χ2n) is 9.36. The summed E-state index contributed by atoms with van der Waals surface area (Å²) in [7, 11) is 0. The van der Waals surface area contributed by atoms with Crippen LogP contribution in [0, 0.1) is 18.8 Å². The van der Waals surface area contributed by atoms with Crippen LogP contribution in [0.5, 0.6) is 0 Å². The van der Waals surface area contributed by atoms with E-state index in [0.717, 1.165) is 46.5 Å². The first kappa shape index (κ1) is 26.8. The van der Waals surface area contributed by atoms with Crippen molar-refractivity contribution < 1.29 is 0 Å². The van der Waals surface area contributed by atoms with Gasteiger partial charge in [-0.2, -0.15) is 10.2 Å². The summed E-state index contributed by atoms with van der Waals surface area (Å²) in [5, 5.41) is 8.83. The highest BCUT2D eigenvalue weighted by Crippen LogP contribution is 2.22. The quantitative estimate of drug-likeness (QED) is 0.111. The second kappa shape index (κ2) is 14.6. The van der Waals surface area contributed by atoms with Gasteiger partial charge >= 0.3 is 0 Å². The molecule has 0 fully saturated rings. The van der Waals surface area contributed by atoms with E-state index in [0.29, 0.717) is 0 Å². The van der Waals surface area contributed by atoms with Crippen LogP contribution < -0.4 is 0 Å². The molecule has 0 spiro atoms. The van der Waals surface area contributed by atoms with Gasteiger partial charge in [0, 0.05) is 23.5 Å². The van der Waals surface area contributed by atoms with E-state index in [9.17, 15) is 0 Å².